The number of amides is 1. The van der Waals surface area contributed by atoms with E-state index in [4.69, 9.17) is 14.9 Å². The molecule has 0 saturated carbocycles. The van der Waals surface area contributed by atoms with Gasteiger partial charge in [0, 0.05) is 6.42 Å². The zero-order valence-electron chi connectivity index (χ0n) is 16.2. The fourth-order valence-electron chi connectivity index (χ4n) is 2.53. The number of aliphatic hydroxyl groups excluding tert-OH is 2. The zero-order chi connectivity index (χ0) is 20.1. The topological polar surface area (TPSA) is 95.9 Å². The molecule has 150 valence electrons. The molecule has 1 aromatic carbocycles. The van der Waals surface area contributed by atoms with Gasteiger partial charge in [0.15, 0.2) is 0 Å². The lowest BCUT2D eigenvalue weighted by molar-refractivity contribution is -0.134. The molecule has 1 unspecified atom stereocenters. The summed E-state index contributed by atoms with van der Waals surface area (Å²) in [6, 6.07) is 6.76. The van der Waals surface area contributed by atoms with Gasteiger partial charge < -0.3 is 20.3 Å². The van der Waals surface area contributed by atoms with Crippen LogP contribution in [0.25, 0.3) is 0 Å². The smallest absolute Gasteiger partial charge is 0.311 e. The van der Waals surface area contributed by atoms with Crippen LogP contribution in [0.2, 0.25) is 0 Å². The molecule has 0 radical (unpaired) electrons. The number of hydrogen-bond acceptors (Lipinski definition) is 5. The van der Waals surface area contributed by atoms with E-state index in [2.05, 4.69) is 24.4 Å². The molecule has 6 heteroatoms. The highest BCUT2D eigenvalue weighted by molar-refractivity contribution is 5.79. The quantitative estimate of drug-likeness (QED) is 0.225. The molecule has 0 saturated heterocycles. The van der Waals surface area contributed by atoms with Crippen LogP contribution in [-0.4, -0.2) is 35.3 Å². The van der Waals surface area contributed by atoms with E-state index in [-0.39, 0.29) is 17.9 Å². The van der Waals surface area contributed by atoms with Crippen molar-refractivity contribution in [3.05, 3.63) is 42.0 Å². The van der Waals surface area contributed by atoms with E-state index in [1.807, 2.05) is 6.92 Å². The Hall–Kier alpha value is -2.18. The second kappa shape index (κ2) is 13.1. The van der Waals surface area contributed by atoms with Gasteiger partial charge in [-0.3, -0.25) is 9.59 Å². The third kappa shape index (κ3) is 8.37. The summed E-state index contributed by atoms with van der Waals surface area (Å²) >= 11 is 0. The minimum Gasteiger partial charge on any atom is -0.427 e. The summed E-state index contributed by atoms with van der Waals surface area (Å²) in [6.07, 6.45) is 7.79. The first kappa shape index (κ1) is 22.9. The summed E-state index contributed by atoms with van der Waals surface area (Å²) in [4.78, 5) is 23.9. The lowest BCUT2D eigenvalue weighted by Crippen LogP contribution is -2.37. The summed E-state index contributed by atoms with van der Waals surface area (Å²) in [5.74, 6) is -1.01. The maximum absolute atomic E-state index is 12.0. The Morgan fingerprint density at radius 3 is 2.33 bits per heavy atom. The van der Waals surface area contributed by atoms with Crippen molar-refractivity contribution < 1.29 is 24.5 Å². The molecule has 1 atom stereocenters. The number of unbranched alkanes of at least 4 members (excludes halogenated alkanes) is 1. The Kier molecular flexibility index (Phi) is 11.1. The molecule has 0 fully saturated rings. The van der Waals surface area contributed by atoms with Crippen molar-refractivity contribution in [1.82, 2.24) is 5.32 Å². The largest absolute Gasteiger partial charge is 0.427 e. The Balaban J connectivity index is 2.56. The van der Waals surface area contributed by atoms with E-state index in [1.54, 1.807) is 24.3 Å². The number of hydrogen-bond donors (Lipinski definition) is 3. The molecule has 1 rings (SSSR count). The average Bonchev–Trinajstić information content (AvgIpc) is 2.67. The molecule has 0 aliphatic carbocycles. The molecule has 0 heterocycles. The van der Waals surface area contributed by atoms with Gasteiger partial charge in [-0.05, 0) is 43.4 Å². The molecule has 27 heavy (non-hydrogen) atoms. The van der Waals surface area contributed by atoms with Crippen LogP contribution in [0.15, 0.2) is 36.4 Å². The van der Waals surface area contributed by atoms with E-state index in [9.17, 15) is 9.59 Å². The van der Waals surface area contributed by atoms with Crippen molar-refractivity contribution in [2.75, 3.05) is 13.2 Å². The Morgan fingerprint density at radius 2 is 1.78 bits per heavy atom. The van der Waals surface area contributed by atoms with Crippen molar-refractivity contribution in [2.24, 2.45) is 5.92 Å². The van der Waals surface area contributed by atoms with E-state index >= 15 is 0 Å². The molecule has 3 N–H and O–H groups in total. The van der Waals surface area contributed by atoms with Gasteiger partial charge in [0.1, 0.15) is 5.75 Å². The van der Waals surface area contributed by atoms with E-state index in [0.29, 0.717) is 18.6 Å². The van der Waals surface area contributed by atoms with Gasteiger partial charge >= 0.3 is 5.97 Å². The van der Waals surface area contributed by atoms with Crippen LogP contribution in [0.5, 0.6) is 5.75 Å². The van der Waals surface area contributed by atoms with Gasteiger partial charge in [-0.15, -0.1) is 0 Å². The standard InChI is InChI=1S/C21H31NO5/c1-3-5-6-7-8-9-20(25)27-18-12-10-16(11-13-18)19(4-2)22-21(26)17(14-23)15-24/h5-6,10-13,17,19,23-24H,3-4,7-9,14-15H2,1-2H3,(H,22,26)/b6-5-. The molecular formula is C21H31NO5. The normalized spacial score (nSPS) is 12.3. The highest BCUT2D eigenvalue weighted by atomic mass is 16.5. The van der Waals surface area contributed by atoms with Crippen molar-refractivity contribution in [1.29, 1.82) is 0 Å². The molecule has 1 amide bonds. The first-order valence-corrected chi connectivity index (χ1v) is 9.53. The van der Waals surface area contributed by atoms with Crippen LogP contribution in [-0.2, 0) is 9.59 Å². The number of carbonyl (C=O) groups excluding carboxylic acids is 2. The number of nitrogens with one attached hydrogen (secondary N) is 1. The zero-order valence-corrected chi connectivity index (χ0v) is 16.2. The number of benzene rings is 1. The molecule has 0 aliphatic rings. The number of aliphatic hydroxyl groups is 2. The van der Waals surface area contributed by atoms with Crippen molar-refractivity contribution in [2.45, 2.75) is 52.0 Å². The number of carbonyl (C=O) groups is 2. The summed E-state index contributed by atoms with van der Waals surface area (Å²) in [7, 11) is 0. The van der Waals surface area contributed by atoms with Gasteiger partial charge in [-0.2, -0.15) is 0 Å². The number of allylic oxidation sites excluding steroid dienone is 2. The maximum Gasteiger partial charge on any atom is 0.311 e. The molecule has 1 aromatic rings. The summed E-state index contributed by atoms with van der Waals surface area (Å²) in [5.41, 5.74) is 0.866. The summed E-state index contributed by atoms with van der Waals surface area (Å²) in [6.45, 7) is 3.20. The third-order valence-corrected chi connectivity index (χ3v) is 4.20. The van der Waals surface area contributed by atoms with Crippen LogP contribution in [0.3, 0.4) is 0 Å². The van der Waals surface area contributed by atoms with Crippen LogP contribution >= 0.6 is 0 Å². The lowest BCUT2D eigenvalue weighted by atomic mass is 10.0. The van der Waals surface area contributed by atoms with Gasteiger partial charge in [-0.25, -0.2) is 0 Å². The minimum atomic E-state index is -0.827. The number of ether oxygens (including phenoxy) is 1. The Bertz CT molecular complexity index is 593. The average molecular weight is 377 g/mol. The Morgan fingerprint density at radius 1 is 1.11 bits per heavy atom. The molecular weight excluding hydrogens is 346 g/mol. The predicted octanol–water partition coefficient (Wildman–Crippen LogP) is 2.90. The van der Waals surface area contributed by atoms with Crippen LogP contribution in [0.4, 0.5) is 0 Å². The first-order valence-electron chi connectivity index (χ1n) is 9.53. The van der Waals surface area contributed by atoms with Gasteiger partial charge in [-0.1, -0.05) is 38.1 Å². The van der Waals surface area contributed by atoms with Crippen molar-refractivity contribution >= 4 is 11.9 Å². The van der Waals surface area contributed by atoms with E-state index in [0.717, 1.165) is 24.8 Å². The van der Waals surface area contributed by atoms with Crippen LogP contribution in [0, 0.1) is 5.92 Å². The Labute approximate surface area is 161 Å². The van der Waals surface area contributed by atoms with Gasteiger partial charge in [0.05, 0.1) is 25.2 Å². The summed E-state index contributed by atoms with van der Waals surface area (Å²) < 4.78 is 5.33. The molecule has 0 aromatic heterocycles. The van der Waals surface area contributed by atoms with Crippen LogP contribution < -0.4 is 10.1 Å². The van der Waals surface area contributed by atoms with Crippen LogP contribution in [0.1, 0.15) is 57.6 Å². The first-order chi connectivity index (χ1) is 13.0. The second-order valence-electron chi connectivity index (χ2n) is 6.35. The molecule has 0 spiro atoms. The van der Waals surface area contributed by atoms with Gasteiger partial charge in [0.2, 0.25) is 5.91 Å². The molecule has 6 nitrogen and oxygen atoms in total. The maximum atomic E-state index is 12.0. The van der Waals surface area contributed by atoms with Gasteiger partial charge in [0.25, 0.3) is 0 Å². The van der Waals surface area contributed by atoms with Crippen molar-refractivity contribution in [3.63, 3.8) is 0 Å². The second-order valence-corrected chi connectivity index (χ2v) is 6.35. The number of esters is 1. The monoisotopic (exact) mass is 377 g/mol. The predicted molar refractivity (Wildman–Crippen MR) is 104 cm³/mol. The highest BCUT2D eigenvalue weighted by Crippen LogP contribution is 2.21. The SMILES string of the molecule is CC/C=C\CCCC(=O)Oc1ccc(C(CC)NC(=O)C(CO)CO)cc1. The summed E-state index contributed by atoms with van der Waals surface area (Å²) in [5, 5.41) is 21.0. The van der Waals surface area contributed by atoms with E-state index in [1.165, 1.54) is 0 Å². The fraction of sp³-hybridized carbons (Fsp3) is 0.524. The number of rotatable bonds is 12. The lowest BCUT2D eigenvalue weighted by Gasteiger charge is -2.20. The molecule has 0 bridgehead atoms. The van der Waals surface area contributed by atoms with Crippen molar-refractivity contribution in [3.8, 4) is 5.75 Å². The molecule has 0 aliphatic heterocycles. The third-order valence-electron chi connectivity index (χ3n) is 4.20. The minimum absolute atomic E-state index is 0.242. The van der Waals surface area contributed by atoms with E-state index < -0.39 is 19.1 Å². The highest BCUT2D eigenvalue weighted by Gasteiger charge is 2.20. The fourth-order valence-corrected chi connectivity index (χ4v) is 2.53.